The Morgan fingerprint density at radius 2 is 0.857 bits per heavy atom. The van der Waals surface area contributed by atoms with Crippen molar-refractivity contribution >= 4 is 24.3 Å². The van der Waals surface area contributed by atoms with E-state index in [4.69, 9.17) is 28.4 Å². The SMILES string of the molecule is COc1ccc(/C=C/c2cc(C#Cc3ccc(OC4CCCCO4)cc3)c(/C=C/c3ccc(OC)cc3)cc2C#Cc2ccc(OC3CCCCO3)cc2)cc1. The smallest absolute Gasteiger partial charge is 0.199 e. The van der Waals surface area contributed by atoms with E-state index in [-0.39, 0.29) is 12.6 Å². The van der Waals surface area contributed by atoms with Gasteiger partial charge in [-0.05, 0) is 133 Å². The highest BCUT2D eigenvalue weighted by Gasteiger charge is 2.16. The van der Waals surface area contributed by atoms with Gasteiger partial charge in [0.25, 0.3) is 0 Å². The molecule has 0 saturated carbocycles. The lowest BCUT2D eigenvalue weighted by molar-refractivity contribution is -0.106. The third-order valence-corrected chi connectivity index (χ3v) is 9.57. The van der Waals surface area contributed by atoms with Crippen LogP contribution in [0.5, 0.6) is 23.0 Å². The molecule has 2 atom stereocenters. The summed E-state index contributed by atoms with van der Waals surface area (Å²) in [6.07, 6.45) is 14.2. The predicted octanol–water partition coefficient (Wildman–Crippen LogP) is 10.7. The number of rotatable bonds is 10. The monoisotopic (exact) mass is 742 g/mol. The van der Waals surface area contributed by atoms with Gasteiger partial charge in [-0.1, -0.05) is 72.3 Å². The summed E-state index contributed by atoms with van der Waals surface area (Å²) in [5.74, 6) is 16.9. The Bertz CT molecular complexity index is 2050. The van der Waals surface area contributed by atoms with Crippen molar-refractivity contribution < 1.29 is 28.4 Å². The molecule has 0 spiro atoms. The van der Waals surface area contributed by atoms with Crippen molar-refractivity contribution in [3.05, 3.63) is 154 Å². The van der Waals surface area contributed by atoms with Gasteiger partial charge in [-0.15, -0.1) is 0 Å². The molecule has 6 heteroatoms. The van der Waals surface area contributed by atoms with E-state index >= 15 is 0 Å². The molecule has 0 amide bonds. The summed E-state index contributed by atoms with van der Waals surface area (Å²) >= 11 is 0. The van der Waals surface area contributed by atoms with Crippen molar-refractivity contribution in [2.24, 2.45) is 0 Å². The number of hydrogen-bond acceptors (Lipinski definition) is 6. The topological polar surface area (TPSA) is 55.4 Å². The lowest BCUT2D eigenvalue weighted by Crippen LogP contribution is -2.24. The van der Waals surface area contributed by atoms with Gasteiger partial charge in [0.2, 0.25) is 0 Å². The molecule has 2 fully saturated rings. The molecule has 0 bridgehead atoms. The fourth-order valence-electron chi connectivity index (χ4n) is 6.35. The van der Waals surface area contributed by atoms with Crippen LogP contribution in [0.3, 0.4) is 0 Å². The molecule has 5 aromatic carbocycles. The third kappa shape index (κ3) is 11.0. The van der Waals surface area contributed by atoms with Gasteiger partial charge in [0.05, 0.1) is 27.4 Å². The van der Waals surface area contributed by atoms with Crippen molar-refractivity contribution in [1.29, 1.82) is 0 Å². The second-order valence-corrected chi connectivity index (χ2v) is 13.6. The second-order valence-electron chi connectivity index (χ2n) is 13.6. The molecular weight excluding hydrogens is 697 g/mol. The van der Waals surface area contributed by atoms with E-state index in [1.165, 1.54) is 0 Å². The summed E-state index contributed by atoms with van der Waals surface area (Å²) in [6.45, 7) is 1.48. The van der Waals surface area contributed by atoms with E-state index in [1.807, 2.05) is 97.1 Å². The van der Waals surface area contributed by atoms with Gasteiger partial charge in [0.1, 0.15) is 23.0 Å². The quantitative estimate of drug-likeness (QED) is 0.105. The van der Waals surface area contributed by atoms with Gasteiger partial charge in [-0.3, -0.25) is 0 Å². The van der Waals surface area contributed by atoms with Gasteiger partial charge >= 0.3 is 0 Å². The molecule has 5 aromatic rings. The predicted molar refractivity (Wildman–Crippen MR) is 224 cm³/mol. The van der Waals surface area contributed by atoms with Crippen molar-refractivity contribution in [3.63, 3.8) is 0 Å². The molecule has 2 heterocycles. The van der Waals surface area contributed by atoms with E-state index in [1.54, 1.807) is 14.2 Å². The summed E-state index contributed by atoms with van der Waals surface area (Å²) < 4.78 is 34.4. The molecule has 2 aliphatic heterocycles. The fourth-order valence-corrected chi connectivity index (χ4v) is 6.35. The molecule has 2 aliphatic rings. The highest BCUT2D eigenvalue weighted by molar-refractivity contribution is 5.79. The van der Waals surface area contributed by atoms with Gasteiger partial charge in [0, 0.05) is 35.1 Å². The molecule has 0 aliphatic carbocycles. The van der Waals surface area contributed by atoms with Gasteiger partial charge in [-0.2, -0.15) is 0 Å². The summed E-state index contributed by atoms with van der Waals surface area (Å²) in [5, 5.41) is 0. The molecule has 282 valence electrons. The molecule has 2 unspecified atom stereocenters. The summed E-state index contributed by atoms with van der Waals surface area (Å²) in [5.41, 5.74) is 7.49. The van der Waals surface area contributed by atoms with Crippen LogP contribution in [-0.2, 0) is 9.47 Å². The first kappa shape index (κ1) is 38.1. The Labute approximate surface area is 330 Å². The van der Waals surface area contributed by atoms with E-state index in [0.717, 1.165) is 119 Å². The first-order valence-electron chi connectivity index (χ1n) is 19.2. The molecule has 56 heavy (non-hydrogen) atoms. The second kappa shape index (κ2) is 19.4. The molecule has 6 nitrogen and oxygen atoms in total. The number of benzene rings is 5. The maximum Gasteiger partial charge on any atom is 0.199 e. The van der Waals surface area contributed by atoms with Crippen LogP contribution < -0.4 is 18.9 Å². The summed E-state index contributed by atoms with van der Waals surface area (Å²) in [4.78, 5) is 0. The number of methoxy groups -OCH3 is 2. The Hall–Kier alpha value is -6.18. The molecule has 0 N–H and O–H groups in total. The first-order chi connectivity index (χ1) is 27.6. The summed E-state index contributed by atoms with van der Waals surface area (Å²) in [7, 11) is 3.34. The zero-order valence-electron chi connectivity index (χ0n) is 32.0. The Morgan fingerprint density at radius 3 is 1.21 bits per heavy atom. The maximum atomic E-state index is 6.05. The Morgan fingerprint density at radius 1 is 0.464 bits per heavy atom. The molecule has 2 saturated heterocycles. The zero-order chi connectivity index (χ0) is 38.4. The minimum Gasteiger partial charge on any atom is -0.497 e. The molecule has 0 radical (unpaired) electrons. The molecular formula is C50H46O6. The normalized spacial score (nSPS) is 16.7. The van der Waals surface area contributed by atoms with Crippen molar-refractivity contribution in [3.8, 4) is 46.7 Å². The minimum absolute atomic E-state index is 0.193. The fraction of sp³-hybridized carbons (Fsp3) is 0.240. The average molecular weight is 743 g/mol. The lowest BCUT2D eigenvalue weighted by atomic mass is 9.96. The van der Waals surface area contributed by atoms with Crippen LogP contribution in [0.25, 0.3) is 24.3 Å². The van der Waals surface area contributed by atoms with Crippen molar-refractivity contribution in [2.75, 3.05) is 27.4 Å². The largest absolute Gasteiger partial charge is 0.497 e. The Balaban J connectivity index is 1.23. The van der Waals surface area contributed by atoms with E-state index in [2.05, 4.69) is 60.1 Å². The van der Waals surface area contributed by atoms with Crippen LogP contribution in [0.4, 0.5) is 0 Å². The van der Waals surface area contributed by atoms with E-state index in [0.29, 0.717) is 0 Å². The van der Waals surface area contributed by atoms with Crippen molar-refractivity contribution in [1.82, 2.24) is 0 Å². The van der Waals surface area contributed by atoms with Crippen LogP contribution >= 0.6 is 0 Å². The van der Waals surface area contributed by atoms with Gasteiger partial charge in [0.15, 0.2) is 12.6 Å². The molecule has 7 rings (SSSR count). The average Bonchev–Trinajstić information content (AvgIpc) is 3.26. The van der Waals surface area contributed by atoms with Crippen LogP contribution in [0.15, 0.2) is 109 Å². The summed E-state index contributed by atoms with van der Waals surface area (Å²) in [6, 6.07) is 35.9. The number of ether oxygens (including phenoxy) is 6. The van der Waals surface area contributed by atoms with Crippen LogP contribution in [0.1, 0.15) is 83.0 Å². The highest BCUT2D eigenvalue weighted by atomic mass is 16.7. The van der Waals surface area contributed by atoms with E-state index < -0.39 is 0 Å². The van der Waals surface area contributed by atoms with Crippen LogP contribution in [0.2, 0.25) is 0 Å². The first-order valence-corrected chi connectivity index (χ1v) is 19.2. The van der Waals surface area contributed by atoms with Crippen LogP contribution in [-0.4, -0.2) is 40.0 Å². The zero-order valence-corrected chi connectivity index (χ0v) is 32.0. The minimum atomic E-state index is -0.193. The van der Waals surface area contributed by atoms with E-state index in [9.17, 15) is 0 Å². The lowest BCUT2D eigenvalue weighted by Gasteiger charge is -2.23. The van der Waals surface area contributed by atoms with Gasteiger partial charge < -0.3 is 28.4 Å². The standard InChI is InChI=1S/C50H46O6/c1-51-45-25-13-37(14-26-45)9-21-41-35-44(24-12-40-19-31-48(32-20-40)56-50-8-4-6-34-54-50)42(22-10-38-15-27-46(52-2)28-16-38)36-43(41)23-11-39-17-29-47(30-18-39)55-49-7-3-5-33-53-49/h9-10,13-22,25-32,35-36,49-50H,3-8,33-34H2,1-2H3/b21-9+,22-10+. The Kier molecular flexibility index (Phi) is 13.2. The van der Waals surface area contributed by atoms with Crippen LogP contribution in [0, 0.1) is 23.7 Å². The van der Waals surface area contributed by atoms with Gasteiger partial charge in [-0.25, -0.2) is 0 Å². The molecule has 0 aromatic heterocycles. The number of hydrogen-bond donors (Lipinski definition) is 0. The third-order valence-electron chi connectivity index (χ3n) is 9.57. The highest BCUT2D eigenvalue weighted by Crippen LogP contribution is 2.25. The van der Waals surface area contributed by atoms with Crippen molar-refractivity contribution in [2.45, 2.75) is 51.1 Å². The maximum absolute atomic E-state index is 6.05.